The van der Waals surface area contributed by atoms with Crippen molar-refractivity contribution in [3.05, 3.63) is 36.2 Å². The highest BCUT2D eigenvalue weighted by atomic mass is 32.2. The van der Waals surface area contributed by atoms with Crippen LogP contribution in [0.5, 0.6) is 0 Å². The summed E-state index contributed by atoms with van der Waals surface area (Å²) in [5.41, 5.74) is 6.94. The molecule has 12 heteroatoms. The van der Waals surface area contributed by atoms with Crippen LogP contribution in [0.25, 0.3) is 22.2 Å². The number of thioether (sulfide) groups is 1. The van der Waals surface area contributed by atoms with E-state index < -0.39 is 5.54 Å². The first-order valence-corrected chi connectivity index (χ1v) is 15.4. The van der Waals surface area contributed by atoms with Gasteiger partial charge in [-0.05, 0) is 19.2 Å². The minimum atomic E-state index is -0.636. The average molecular weight is 591 g/mol. The molecule has 3 aliphatic rings. The number of aromatic nitrogens is 3. The number of carbonyl (C=O) groups is 2. The number of fused-ring (bicyclic) bond motifs is 2. The molecule has 5 heterocycles. The smallest absolute Gasteiger partial charge is 0.237 e. The molecule has 0 aliphatic carbocycles. The van der Waals surface area contributed by atoms with Crippen LogP contribution in [0, 0.1) is 0 Å². The number of amides is 2. The number of anilines is 2. The van der Waals surface area contributed by atoms with Crippen LogP contribution in [-0.4, -0.2) is 106 Å². The summed E-state index contributed by atoms with van der Waals surface area (Å²) in [6.07, 6.45) is 2.63. The van der Waals surface area contributed by atoms with Gasteiger partial charge in [-0.25, -0.2) is 15.0 Å². The first-order valence-electron chi connectivity index (χ1n) is 14.5. The maximum Gasteiger partial charge on any atom is 0.237 e. The monoisotopic (exact) mass is 590 g/mol. The largest absolute Gasteiger partial charge is 0.378 e. The fraction of sp³-hybridized carbons (Fsp3) is 0.500. The summed E-state index contributed by atoms with van der Waals surface area (Å²) in [5.74, 6) is 1.71. The molecule has 2 aromatic heterocycles. The van der Waals surface area contributed by atoms with Gasteiger partial charge >= 0.3 is 0 Å². The molecule has 2 fully saturated rings. The Hall–Kier alpha value is -3.32. The number of pyridine rings is 1. The molecule has 222 valence electrons. The lowest BCUT2D eigenvalue weighted by molar-refractivity contribution is -0.129. The number of benzene rings is 1. The Morgan fingerprint density at radius 2 is 1.79 bits per heavy atom. The number of carbonyl (C=O) groups excluding carboxylic acids is 2. The van der Waals surface area contributed by atoms with Crippen molar-refractivity contribution in [1.29, 1.82) is 0 Å². The molecule has 1 atom stereocenters. The Labute approximate surface area is 250 Å². The van der Waals surface area contributed by atoms with Crippen LogP contribution >= 0.6 is 11.8 Å². The molecule has 0 saturated carbocycles. The van der Waals surface area contributed by atoms with Crippen LogP contribution in [0.3, 0.4) is 0 Å². The number of morpholine rings is 1. The molecule has 0 radical (unpaired) electrons. The minimum absolute atomic E-state index is 0.162. The second-order valence-corrected chi connectivity index (χ2v) is 13.0. The molecule has 6 rings (SSSR count). The standard InChI is InChI=1S/C30H38N8O3S/c1-19(39)33-26-22-7-5-4-6-21(22)23(17-32-26)27-34-24-16-20(42-25(24)28(35-27)37-12-14-41-15-13-37)18-36-8-10-38(11-9-36)30(2,3)29(31)40/h4-7,17,20H,8-16,18H2,1-3H3,(H2,31,40)(H,32,33,39). The van der Waals surface area contributed by atoms with Gasteiger partial charge in [-0.2, -0.15) is 0 Å². The Kier molecular flexibility index (Phi) is 8.05. The highest BCUT2D eigenvalue weighted by Gasteiger charge is 2.37. The lowest BCUT2D eigenvalue weighted by atomic mass is 10.0. The Balaban J connectivity index is 1.28. The number of hydrogen-bond acceptors (Lipinski definition) is 10. The molecule has 42 heavy (non-hydrogen) atoms. The Bertz CT molecular complexity index is 1500. The molecule has 11 nitrogen and oxygen atoms in total. The van der Waals surface area contributed by atoms with Crippen LogP contribution in [0.2, 0.25) is 0 Å². The first-order chi connectivity index (χ1) is 20.2. The molecule has 3 N–H and O–H groups in total. The van der Waals surface area contributed by atoms with Crippen molar-refractivity contribution in [2.45, 2.75) is 42.9 Å². The minimum Gasteiger partial charge on any atom is -0.378 e. The highest BCUT2D eigenvalue weighted by molar-refractivity contribution is 8.00. The van der Waals surface area contributed by atoms with Crippen molar-refractivity contribution < 1.29 is 14.3 Å². The number of primary amides is 1. The zero-order valence-corrected chi connectivity index (χ0v) is 25.2. The Morgan fingerprint density at radius 1 is 1.07 bits per heavy atom. The quantitative estimate of drug-likeness (QED) is 0.423. The summed E-state index contributed by atoms with van der Waals surface area (Å²) in [7, 11) is 0. The van der Waals surface area contributed by atoms with Crippen LogP contribution in [-0.2, 0) is 20.7 Å². The third-order valence-corrected chi connectivity index (χ3v) is 9.80. The maximum atomic E-state index is 11.9. The van der Waals surface area contributed by atoms with Gasteiger partial charge in [-0.15, -0.1) is 11.8 Å². The number of nitrogens with one attached hydrogen (secondary N) is 1. The number of nitrogens with two attached hydrogens (primary N) is 1. The molecule has 0 bridgehead atoms. The molecule has 0 spiro atoms. The van der Waals surface area contributed by atoms with E-state index in [2.05, 4.69) is 25.0 Å². The van der Waals surface area contributed by atoms with Crippen molar-refractivity contribution >= 4 is 46.0 Å². The van der Waals surface area contributed by atoms with Crippen LogP contribution in [0.1, 0.15) is 26.5 Å². The zero-order valence-electron chi connectivity index (χ0n) is 24.4. The second-order valence-electron chi connectivity index (χ2n) is 11.6. The fourth-order valence-electron chi connectivity index (χ4n) is 5.95. The van der Waals surface area contributed by atoms with E-state index >= 15 is 0 Å². The number of piperazine rings is 1. The lowest BCUT2D eigenvalue weighted by Crippen LogP contribution is -2.60. The van der Waals surface area contributed by atoms with Gasteiger partial charge in [-0.3, -0.25) is 19.4 Å². The van der Waals surface area contributed by atoms with Gasteiger partial charge in [-0.1, -0.05) is 24.3 Å². The van der Waals surface area contributed by atoms with Crippen LogP contribution in [0.4, 0.5) is 11.6 Å². The summed E-state index contributed by atoms with van der Waals surface area (Å²) in [4.78, 5) is 46.8. The first kappa shape index (κ1) is 28.8. The van der Waals surface area contributed by atoms with Gasteiger partial charge in [0.2, 0.25) is 11.8 Å². The summed E-state index contributed by atoms with van der Waals surface area (Å²) in [6, 6.07) is 7.91. The van der Waals surface area contributed by atoms with Crippen molar-refractivity contribution in [1.82, 2.24) is 24.8 Å². The molecule has 3 aliphatic heterocycles. The van der Waals surface area contributed by atoms with E-state index in [1.54, 1.807) is 6.20 Å². The van der Waals surface area contributed by atoms with Gasteiger partial charge in [0.25, 0.3) is 0 Å². The molecule has 1 aromatic carbocycles. The van der Waals surface area contributed by atoms with Gasteiger partial charge in [0, 0.05) is 81.6 Å². The van der Waals surface area contributed by atoms with E-state index in [1.807, 2.05) is 49.9 Å². The highest BCUT2D eigenvalue weighted by Crippen LogP contribution is 2.44. The zero-order chi connectivity index (χ0) is 29.4. The van der Waals surface area contributed by atoms with E-state index in [0.29, 0.717) is 30.1 Å². The summed E-state index contributed by atoms with van der Waals surface area (Å²) >= 11 is 1.88. The summed E-state index contributed by atoms with van der Waals surface area (Å²) in [6.45, 7) is 12.6. The average Bonchev–Trinajstić information content (AvgIpc) is 3.39. The van der Waals surface area contributed by atoms with E-state index in [-0.39, 0.29) is 11.8 Å². The number of ether oxygens (including phenoxy) is 1. The molecular weight excluding hydrogens is 552 g/mol. The van der Waals surface area contributed by atoms with E-state index in [4.69, 9.17) is 20.4 Å². The van der Waals surface area contributed by atoms with Crippen LogP contribution in [0.15, 0.2) is 35.4 Å². The van der Waals surface area contributed by atoms with E-state index in [9.17, 15) is 9.59 Å². The molecule has 2 amide bonds. The normalized spacial score (nSPS) is 20.1. The van der Waals surface area contributed by atoms with Crippen molar-refractivity contribution in [3.8, 4) is 11.4 Å². The maximum absolute atomic E-state index is 11.9. The van der Waals surface area contributed by atoms with Gasteiger partial charge < -0.3 is 20.7 Å². The number of nitrogens with zero attached hydrogens (tertiary/aromatic N) is 6. The topological polar surface area (TPSA) is 130 Å². The second kappa shape index (κ2) is 11.8. The predicted octanol–water partition coefficient (Wildman–Crippen LogP) is 2.39. The molecule has 2 saturated heterocycles. The Morgan fingerprint density at radius 3 is 2.48 bits per heavy atom. The lowest BCUT2D eigenvalue weighted by Gasteiger charge is -2.42. The number of rotatable bonds is 7. The summed E-state index contributed by atoms with van der Waals surface area (Å²) in [5, 5.41) is 5.01. The third kappa shape index (κ3) is 5.68. The number of hydrogen-bond donors (Lipinski definition) is 2. The SMILES string of the molecule is CC(=O)Nc1ncc(-c2nc3c(c(N4CCOCC4)n2)SC(CN2CCN(C(C)(C)C(N)=O)CC2)C3)c2ccccc12. The van der Waals surface area contributed by atoms with Gasteiger partial charge in [0.05, 0.1) is 29.3 Å². The van der Waals surface area contributed by atoms with Gasteiger partial charge in [0.15, 0.2) is 5.82 Å². The molecule has 3 aromatic rings. The van der Waals surface area contributed by atoms with E-state index in [0.717, 1.165) is 85.0 Å². The van der Waals surface area contributed by atoms with Crippen LogP contribution < -0.4 is 16.0 Å². The third-order valence-electron chi connectivity index (χ3n) is 8.49. The van der Waals surface area contributed by atoms with Crippen molar-refractivity contribution in [2.24, 2.45) is 5.73 Å². The van der Waals surface area contributed by atoms with Gasteiger partial charge in [0.1, 0.15) is 11.6 Å². The van der Waals surface area contributed by atoms with Crippen molar-refractivity contribution in [2.75, 3.05) is 69.2 Å². The summed E-state index contributed by atoms with van der Waals surface area (Å²) < 4.78 is 5.65. The molecular formula is C30H38N8O3S. The van der Waals surface area contributed by atoms with E-state index in [1.165, 1.54) is 6.92 Å². The molecule has 1 unspecified atom stereocenters. The predicted molar refractivity (Wildman–Crippen MR) is 165 cm³/mol. The van der Waals surface area contributed by atoms with Crippen molar-refractivity contribution in [3.63, 3.8) is 0 Å². The fourth-order valence-corrected chi connectivity index (χ4v) is 7.35.